The first kappa shape index (κ1) is 20.8. The number of halogens is 5. The van der Waals surface area contributed by atoms with Gasteiger partial charge in [-0.1, -0.05) is 6.07 Å². The van der Waals surface area contributed by atoms with Crippen LogP contribution >= 0.6 is 0 Å². The Morgan fingerprint density at radius 1 is 1.13 bits per heavy atom. The number of alkyl halides is 5. The first-order valence-electron chi connectivity index (χ1n) is 9.13. The van der Waals surface area contributed by atoms with Gasteiger partial charge in [0.25, 0.3) is 5.56 Å². The minimum atomic E-state index is -4.56. The van der Waals surface area contributed by atoms with E-state index in [1.54, 1.807) is 12.1 Å². The Bertz CT molecular complexity index is 1250. The molecule has 2 heterocycles. The number of ether oxygens (including phenoxy) is 2. The lowest BCUT2D eigenvalue weighted by Gasteiger charge is -2.11. The SMILES string of the molecule is COc1ccc(/C=C2\CCn3c2nc2cc(C(F)(F)F)ccc2c3=O)cc1OC(F)F. The number of aromatic nitrogens is 2. The minimum absolute atomic E-state index is 0.0599. The summed E-state index contributed by atoms with van der Waals surface area (Å²) in [4.78, 5) is 17.0. The summed E-state index contributed by atoms with van der Waals surface area (Å²) in [5.41, 5.74) is -0.323. The lowest BCUT2D eigenvalue weighted by Crippen LogP contribution is -2.21. The molecule has 1 aliphatic rings. The van der Waals surface area contributed by atoms with Crippen LogP contribution in [0.5, 0.6) is 11.5 Å². The molecule has 4 rings (SSSR count). The Labute approximate surface area is 172 Å². The van der Waals surface area contributed by atoms with E-state index in [9.17, 15) is 26.7 Å². The summed E-state index contributed by atoms with van der Waals surface area (Å²) >= 11 is 0. The molecule has 1 aliphatic heterocycles. The van der Waals surface area contributed by atoms with Gasteiger partial charge in [-0.2, -0.15) is 22.0 Å². The van der Waals surface area contributed by atoms with Gasteiger partial charge in [-0.3, -0.25) is 9.36 Å². The number of hydrogen-bond acceptors (Lipinski definition) is 4. The largest absolute Gasteiger partial charge is 0.493 e. The third kappa shape index (κ3) is 3.97. The van der Waals surface area contributed by atoms with Crippen LogP contribution in [0.4, 0.5) is 22.0 Å². The average molecular weight is 438 g/mol. The minimum Gasteiger partial charge on any atom is -0.493 e. The molecule has 5 nitrogen and oxygen atoms in total. The Morgan fingerprint density at radius 3 is 2.58 bits per heavy atom. The number of hydrogen-bond donors (Lipinski definition) is 0. The molecule has 31 heavy (non-hydrogen) atoms. The molecular weight excluding hydrogens is 423 g/mol. The van der Waals surface area contributed by atoms with Gasteiger partial charge in [0.05, 0.1) is 23.6 Å². The molecule has 0 aliphatic carbocycles. The van der Waals surface area contributed by atoms with Crippen LogP contribution in [0.1, 0.15) is 23.4 Å². The third-order valence-electron chi connectivity index (χ3n) is 4.92. The maximum Gasteiger partial charge on any atom is 0.416 e. The first-order chi connectivity index (χ1) is 14.7. The van der Waals surface area contributed by atoms with E-state index >= 15 is 0 Å². The molecule has 0 saturated heterocycles. The van der Waals surface area contributed by atoms with Crippen molar-refractivity contribution in [1.82, 2.24) is 9.55 Å². The molecular formula is C21H15F5N2O3. The number of benzene rings is 2. The van der Waals surface area contributed by atoms with E-state index in [-0.39, 0.29) is 28.2 Å². The summed E-state index contributed by atoms with van der Waals surface area (Å²) in [5.74, 6) is 0.196. The van der Waals surface area contributed by atoms with Crippen molar-refractivity contribution in [3.63, 3.8) is 0 Å². The standard InChI is InChI=1S/C21H15F5N2O3/c1-30-16-5-2-11(9-17(16)31-20(22)23)8-12-6-7-28-18(12)27-15-10-13(21(24,25)26)3-4-14(15)19(28)29/h2-5,8-10,20H,6-7H2,1H3/b12-8+. The summed E-state index contributed by atoms with van der Waals surface area (Å²) in [7, 11) is 1.32. The third-order valence-corrected chi connectivity index (χ3v) is 4.92. The van der Waals surface area contributed by atoms with Crippen LogP contribution in [-0.4, -0.2) is 23.3 Å². The second kappa shape index (κ2) is 7.68. The first-order valence-corrected chi connectivity index (χ1v) is 9.13. The fourth-order valence-corrected chi connectivity index (χ4v) is 3.50. The van der Waals surface area contributed by atoms with Gasteiger partial charge in [0, 0.05) is 6.54 Å². The molecule has 2 aromatic carbocycles. The van der Waals surface area contributed by atoms with Crippen molar-refractivity contribution in [2.75, 3.05) is 7.11 Å². The lowest BCUT2D eigenvalue weighted by molar-refractivity contribution is -0.137. The molecule has 0 unspecified atom stereocenters. The van der Waals surface area contributed by atoms with Gasteiger partial charge < -0.3 is 9.47 Å². The molecule has 0 spiro atoms. The van der Waals surface area contributed by atoms with Crippen molar-refractivity contribution >= 4 is 22.6 Å². The molecule has 0 N–H and O–H groups in total. The van der Waals surface area contributed by atoms with Crippen LogP contribution in [0.3, 0.4) is 0 Å². The van der Waals surface area contributed by atoms with Crippen LogP contribution < -0.4 is 15.0 Å². The topological polar surface area (TPSA) is 53.4 Å². The molecule has 0 saturated carbocycles. The monoisotopic (exact) mass is 438 g/mol. The van der Waals surface area contributed by atoms with Crippen molar-refractivity contribution in [1.29, 1.82) is 0 Å². The van der Waals surface area contributed by atoms with E-state index < -0.39 is 23.9 Å². The molecule has 0 atom stereocenters. The van der Waals surface area contributed by atoms with Crippen LogP contribution in [0, 0.1) is 0 Å². The Kier molecular flexibility index (Phi) is 5.16. The highest BCUT2D eigenvalue weighted by molar-refractivity contribution is 5.85. The van der Waals surface area contributed by atoms with E-state index in [0.29, 0.717) is 24.1 Å². The Morgan fingerprint density at radius 2 is 1.90 bits per heavy atom. The summed E-state index contributed by atoms with van der Waals surface area (Å²) in [6.45, 7) is -2.74. The second-order valence-electron chi connectivity index (χ2n) is 6.83. The number of fused-ring (bicyclic) bond motifs is 2. The predicted molar refractivity (Wildman–Crippen MR) is 103 cm³/mol. The van der Waals surface area contributed by atoms with Crippen molar-refractivity contribution in [2.45, 2.75) is 25.8 Å². The van der Waals surface area contributed by atoms with E-state index in [2.05, 4.69) is 9.72 Å². The molecule has 10 heteroatoms. The molecule has 0 radical (unpaired) electrons. The smallest absolute Gasteiger partial charge is 0.416 e. The van der Waals surface area contributed by atoms with Gasteiger partial charge in [0.1, 0.15) is 5.82 Å². The molecule has 0 fully saturated rings. The molecule has 3 aromatic rings. The predicted octanol–water partition coefficient (Wildman–Crippen LogP) is 4.97. The second-order valence-corrected chi connectivity index (χ2v) is 6.83. The van der Waals surface area contributed by atoms with Gasteiger partial charge in [-0.15, -0.1) is 0 Å². The zero-order chi connectivity index (χ0) is 22.3. The van der Waals surface area contributed by atoms with Crippen LogP contribution in [0.2, 0.25) is 0 Å². The summed E-state index contributed by atoms with van der Waals surface area (Å²) in [6.07, 6.45) is -2.53. The highest BCUT2D eigenvalue weighted by Crippen LogP contribution is 2.34. The van der Waals surface area contributed by atoms with Crippen molar-refractivity contribution in [3.8, 4) is 11.5 Å². The Balaban J connectivity index is 1.80. The lowest BCUT2D eigenvalue weighted by atomic mass is 10.1. The van der Waals surface area contributed by atoms with Gasteiger partial charge in [-0.25, -0.2) is 4.98 Å². The normalized spacial score (nSPS) is 15.0. The highest BCUT2D eigenvalue weighted by Gasteiger charge is 2.31. The summed E-state index contributed by atoms with van der Waals surface area (Å²) in [6, 6.07) is 7.23. The van der Waals surface area contributed by atoms with Gasteiger partial charge in [-0.05, 0) is 54.0 Å². The zero-order valence-corrected chi connectivity index (χ0v) is 16.0. The molecule has 0 amide bonds. The summed E-state index contributed by atoms with van der Waals surface area (Å²) in [5, 5.41) is 0.0927. The summed E-state index contributed by atoms with van der Waals surface area (Å²) < 4.78 is 75.3. The maximum atomic E-state index is 13.0. The average Bonchev–Trinajstić information content (AvgIpc) is 3.10. The van der Waals surface area contributed by atoms with Gasteiger partial charge in [0.2, 0.25) is 0 Å². The molecule has 162 valence electrons. The van der Waals surface area contributed by atoms with E-state index in [1.165, 1.54) is 23.8 Å². The quantitative estimate of drug-likeness (QED) is 0.540. The van der Waals surface area contributed by atoms with Gasteiger partial charge in [0.15, 0.2) is 11.5 Å². The number of rotatable bonds is 4. The zero-order valence-electron chi connectivity index (χ0n) is 16.0. The van der Waals surface area contributed by atoms with Crippen molar-refractivity contribution in [3.05, 3.63) is 63.7 Å². The fraction of sp³-hybridized carbons (Fsp3) is 0.238. The van der Waals surface area contributed by atoms with Crippen molar-refractivity contribution in [2.24, 2.45) is 0 Å². The van der Waals surface area contributed by atoms with E-state index in [0.717, 1.165) is 18.2 Å². The van der Waals surface area contributed by atoms with E-state index in [4.69, 9.17) is 4.74 Å². The fourth-order valence-electron chi connectivity index (χ4n) is 3.50. The van der Waals surface area contributed by atoms with Crippen molar-refractivity contribution < 1.29 is 31.4 Å². The Hall–Kier alpha value is -3.43. The highest BCUT2D eigenvalue weighted by atomic mass is 19.4. The molecule has 1 aromatic heterocycles. The van der Waals surface area contributed by atoms with Crippen LogP contribution in [0.15, 0.2) is 41.2 Å². The maximum absolute atomic E-state index is 13.0. The van der Waals surface area contributed by atoms with Crippen LogP contribution in [-0.2, 0) is 12.7 Å². The number of nitrogens with zero attached hydrogens (tertiary/aromatic N) is 2. The number of methoxy groups -OCH3 is 1. The number of allylic oxidation sites excluding steroid dienone is 1. The van der Waals surface area contributed by atoms with Crippen LogP contribution in [0.25, 0.3) is 22.6 Å². The van der Waals surface area contributed by atoms with E-state index in [1.807, 2.05) is 0 Å². The van der Waals surface area contributed by atoms with Gasteiger partial charge >= 0.3 is 12.8 Å². The molecule has 0 bridgehead atoms.